The van der Waals surface area contributed by atoms with E-state index in [9.17, 15) is 13.6 Å². The average Bonchev–Trinajstić information content (AvgIpc) is 2.05. The Morgan fingerprint density at radius 2 is 2.07 bits per heavy atom. The van der Waals surface area contributed by atoms with Crippen LogP contribution < -0.4 is 5.73 Å². The number of hydrogen-bond donors (Lipinski definition) is 2. The molecule has 80 valence electrons. The van der Waals surface area contributed by atoms with Crippen LogP contribution in [-0.4, -0.2) is 23.0 Å². The highest BCUT2D eigenvalue weighted by molar-refractivity contribution is 5.72. The summed E-state index contributed by atoms with van der Waals surface area (Å²) in [5.74, 6) is -6.44. The molecule has 3 N–H and O–H groups in total. The second-order valence-corrected chi connectivity index (χ2v) is 4.35. The van der Waals surface area contributed by atoms with Crippen molar-refractivity contribution in [2.24, 2.45) is 23.5 Å². The highest BCUT2D eigenvalue weighted by Gasteiger charge is 2.59. The molecule has 3 saturated carbocycles. The summed E-state index contributed by atoms with van der Waals surface area (Å²) < 4.78 is 26.7. The van der Waals surface area contributed by atoms with E-state index in [2.05, 4.69) is 0 Å². The van der Waals surface area contributed by atoms with Gasteiger partial charge in [-0.3, -0.25) is 4.79 Å². The maximum atomic E-state index is 13.4. The zero-order valence-corrected chi connectivity index (χ0v) is 7.62. The van der Waals surface area contributed by atoms with Gasteiger partial charge in [0.15, 0.2) is 0 Å². The maximum absolute atomic E-state index is 13.4. The first-order valence-electron chi connectivity index (χ1n) is 4.79. The summed E-state index contributed by atoms with van der Waals surface area (Å²) in [6.07, 6.45) is 0.705. The monoisotopic (exact) mass is 205 g/mol. The van der Waals surface area contributed by atoms with E-state index < -0.39 is 29.8 Å². The summed E-state index contributed by atoms with van der Waals surface area (Å²) in [6, 6.07) is -0.592. The van der Waals surface area contributed by atoms with Gasteiger partial charge in [0.2, 0.25) is 0 Å². The molecule has 5 heteroatoms. The van der Waals surface area contributed by atoms with Gasteiger partial charge in [0, 0.05) is 18.4 Å². The third-order valence-corrected chi connectivity index (χ3v) is 3.60. The van der Waals surface area contributed by atoms with E-state index in [1.165, 1.54) is 0 Å². The number of carboxylic acids is 1. The number of carbonyl (C=O) groups is 1. The van der Waals surface area contributed by atoms with Crippen LogP contribution in [0, 0.1) is 17.8 Å². The van der Waals surface area contributed by atoms with Crippen molar-refractivity contribution in [3.05, 3.63) is 0 Å². The van der Waals surface area contributed by atoms with Gasteiger partial charge in [0.05, 0.1) is 5.92 Å². The molecule has 0 saturated heterocycles. The van der Waals surface area contributed by atoms with Crippen molar-refractivity contribution in [2.75, 3.05) is 0 Å². The summed E-state index contributed by atoms with van der Waals surface area (Å²) in [5, 5.41) is 8.85. The summed E-state index contributed by atoms with van der Waals surface area (Å²) in [6.45, 7) is 0. The zero-order chi connectivity index (χ0) is 10.5. The number of halogens is 2. The van der Waals surface area contributed by atoms with E-state index in [4.69, 9.17) is 10.8 Å². The fourth-order valence-electron chi connectivity index (χ4n) is 2.88. The van der Waals surface area contributed by atoms with E-state index in [1.807, 2.05) is 0 Å². The number of carboxylic acid groups (broad SMARTS) is 1. The van der Waals surface area contributed by atoms with Crippen LogP contribution in [0.5, 0.6) is 0 Å². The molecule has 0 heterocycles. The van der Waals surface area contributed by atoms with Crippen LogP contribution in [0.3, 0.4) is 0 Å². The van der Waals surface area contributed by atoms with Crippen molar-refractivity contribution >= 4 is 5.97 Å². The molecule has 0 radical (unpaired) electrons. The first kappa shape index (κ1) is 9.83. The topological polar surface area (TPSA) is 63.3 Å². The highest BCUT2D eigenvalue weighted by Crippen LogP contribution is 2.52. The Balaban J connectivity index is 2.30. The van der Waals surface area contributed by atoms with Crippen LogP contribution in [0.4, 0.5) is 8.78 Å². The van der Waals surface area contributed by atoms with E-state index in [0.717, 1.165) is 0 Å². The summed E-state index contributed by atoms with van der Waals surface area (Å²) in [5.41, 5.74) is 5.67. The summed E-state index contributed by atoms with van der Waals surface area (Å²) in [7, 11) is 0. The molecule has 2 bridgehead atoms. The van der Waals surface area contributed by atoms with Crippen molar-refractivity contribution < 1.29 is 18.7 Å². The molecule has 0 aromatic heterocycles. The first-order chi connectivity index (χ1) is 6.43. The molecule has 3 rings (SSSR count). The molecule has 0 aliphatic heterocycles. The Bertz CT molecular complexity index is 270. The summed E-state index contributed by atoms with van der Waals surface area (Å²) in [4.78, 5) is 10.8. The van der Waals surface area contributed by atoms with Crippen molar-refractivity contribution in [1.29, 1.82) is 0 Å². The van der Waals surface area contributed by atoms with Gasteiger partial charge < -0.3 is 10.8 Å². The molecule has 3 aliphatic carbocycles. The van der Waals surface area contributed by atoms with Gasteiger partial charge in [0.25, 0.3) is 5.92 Å². The first-order valence-corrected chi connectivity index (χ1v) is 4.79. The molecule has 0 spiro atoms. The minimum atomic E-state index is -2.83. The molecule has 14 heavy (non-hydrogen) atoms. The molecule has 0 amide bonds. The molecule has 0 unspecified atom stereocenters. The lowest BCUT2D eigenvalue weighted by molar-refractivity contribution is -0.184. The number of nitrogens with two attached hydrogens (primary N) is 1. The lowest BCUT2D eigenvalue weighted by atomic mass is 9.60. The average molecular weight is 205 g/mol. The summed E-state index contributed by atoms with van der Waals surface area (Å²) >= 11 is 0. The fraction of sp³-hybridized carbons (Fsp3) is 0.889. The fourth-order valence-corrected chi connectivity index (χ4v) is 2.88. The lowest BCUT2D eigenvalue weighted by Gasteiger charge is -2.49. The van der Waals surface area contributed by atoms with Gasteiger partial charge >= 0.3 is 5.97 Å². The second kappa shape index (κ2) is 2.89. The molecular weight excluding hydrogens is 192 g/mol. The Kier molecular flexibility index (Phi) is 2.03. The van der Waals surface area contributed by atoms with Gasteiger partial charge in [-0.2, -0.15) is 0 Å². The zero-order valence-electron chi connectivity index (χ0n) is 7.62. The van der Waals surface area contributed by atoms with Crippen LogP contribution in [0.2, 0.25) is 0 Å². The molecule has 0 aromatic rings. The third kappa shape index (κ3) is 1.22. The Morgan fingerprint density at radius 3 is 2.50 bits per heavy atom. The Labute approximate surface area is 80.3 Å². The van der Waals surface area contributed by atoms with E-state index >= 15 is 0 Å². The van der Waals surface area contributed by atoms with Crippen LogP contribution in [-0.2, 0) is 4.79 Å². The predicted molar refractivity (Wildman–Crippen MR) is 44.9 cm³/mol. The number of rotatable bonds is 1. The molecule has 3 nitrogen and oxygen atoms in total. The molecule has 0 aromatic carbocycles. The standard InChI is InChI=1S/C9H13F2NO2/c10-9(11)3-4-1-2-5(9)6(7(4)12)8(13)14/h4-7H,1-3,12H2,(H,13,14)/t4-,5-,6+,7+/m1/s1. The Hall–Kier alpha value is -0.710. The lowest BCUT2D eigenvalue weighted by Crippen LogP contribution is -2.59. The number of aliphatic carboxylic acids is 1. The molecular formula is C9H13F2NO2. The largest absolute Gasteiger partial charge is 0.481 e. The van der Waals surface area contributed by atoms with E-state index in [0.29, 0.717) is 12.8 Å². The van der Waals surface area contributed by atoms with Crippen molar-refractivity contribution in [1.82, 2.24) is 0 Å². The van der Waals surface area contributed by atoms with Crippen LogP contribution in [0.25, 0.3) is 0 Å². The van der Waals surface area contributed by atoms with Crippen molar-refractivity contribution in [3.63, 3.8) is 0 Å². The second-order valence-electron chi connectivity index (χ2n) is 4.35. The van der Waals surface area contributed by atoms with Gasteiger partial charge in [0.1, 0.15) is 0 Å². The number of alkyl halides is 2. The number of fused-ring (bicyclic) bond motifs is 3. The SMILES string of the molecule is N[C@H]1[C@@H]2CC[C@H]([C@@H]1C(=O)O)C(F)(F)C2. The van der Waals surface area contributed by atoms with E-state index in [-0.39, 0.29) is 12.3 Å². The quantitative estimate of drug-likeness (QED) is 0.673. The third-order valence-electron chi connectivity index (χ3n) is 3.60. The smallest absolute Gasteiger partial charge is 0.308 e. The van der Waals surface area contributed by atoms with E-state index in [1.54, 1.807) is 0 Å². The molecule has 4 atom stereocenters. The molecule has 3 aliphatic rings. The maximum Gasteiger partial charge on any atom is 0.308 e. The van der Waals surface area contributed by atoms with Gasteiger partial charge in [-0.1, -0.05) is 0 Å². The molecule has 3 fully saturated rings. The highest BCUT2D eigenvalue weighted by atomic mass is 19.3. The minimum Gasteiger partial charge on any atom is -0.481 e. The van der Waals surface area contributed by atoms with Crippen LogP contribution >= 0.6 is 0 Å². The predicted octanol–water partition coefficient (Wildman–Crippen LogP) is 1.08. The van der Waals surface area contributed by atoms with Crippen LogP contribution in [0.15, 0.2) is 0 Å². The van der Waals surface area contributed by atoms with Crippen molar-refractivity contribution in [3.8, 4) is 0 Å². The number of hydrogen-bond acceptors (Lipinski definition) is 2. The minimum absolute atomic E-state index is 0.234. The van der Waals surface area contributed by atoms with Gasteiger partial charge in [-0.05, 0) is 18.8 Å². The van der Waals surface area contributed by atoms with Crippen LogP contribution in [0.1, 0.15) is 19.3 Å². The Morgan fingerprint density at radius 1 is 1.43 bits per heavy atom. The van der Waals surface area contributed by atoms with Crippen molar-refractivity contribution in [2.45, 2.75) is 31.2 Å². The normalized spacial score (nSPS) is 45.1. The van der Waals surface area contributed by atoms with Gasteiger partial charge in [-0.15, -0.1) is 0 Å². The van der Waals surface area contributed by atoms with Gasteiger partial charge in [-0.25, -0.2) is 8.78 Å².